The monoisotopic (exact) mass is 240 g/mol. The summed E-state index contributed by atoms with van der Waals surface area (Å²) < 4.78 is 10.8. The molecule has 2 N–H and O–H groups in total. The number of aromatic nitrogens is 2. The maximum Gasteiger partial charge on any atom is 0.226 e. The molecule has 0 saturated carbocycles. The summed E-state index contributed by atoms with van der Waals surface area (Å²) in [6.45, 7) is 6.35. The Hall–Kier alpha value is -0.980. The van der Waals surface area contributed by atoms with E-state index in [4.69, 9.17) is 15.0 Å². The predicted octanol–water partition coefficient (Wildman–Crippen LogP) is 0.354. The first-order valence-corrected chi connectivity index (χ1v) is 6.20. The molecule has 6 heteroatoms. The first-order valence-electron chi connectivity index (χ1n) is 6.20. The third-order valence-corrected chi connectivity index (χ3v) is 2.96. The number of ether oxygens (including phenoxy) is 1. The van der Waals surface area contributed by atoms with Crippen molar-refractivity contribution in [3.8, 4) is 0 Å². The van der Waals surface area contributed by atoms with Crippen molar-refractivity contribution in [2.45, 2.75) is 25.9 Å². The molecule has 6 nitrogen and oxygen atoms in total. The highest BCUT2D eigenvalue weighted by atomic mass is 16.5. The minimum absolute atomic E-state index is 0.0564. The van der Waals surface area contributed by atoms with Gasteiger partial charge in [0.25, 0.3) is 0 Å². The third-order valence-electron chi connectivity index (χ3n) is 2.96. The SMILES string of the molecule is CCN1CCOC(c2noc(CCCN)n2)C1. The molecule has 1 aromatic heterocycles. The molecule has 0 spiro atoms. The molecule has 1 fully saturated rings. The maximum absolute atomic E-state index is 5.66. The summed E-state index contributed by atoms with van der Waals surface area (Å²) in [4.78, 5) is 6.68. The fraction of sp³-hybridized carbons (Fsp3) is 0.818. The van der Waals surface area contributed by atoms with Crippen molar-refractivity contribution in [2.24, 2.45) is 5.73 Å². The Labute approximate surface area is 101 Å². The van der Waals surface area contributed by atoms with Crippen LogP contribution >= 0.6 is 0 Å². The molecule has 1 aliphatic rings. The number of likely N-dealkylation sites (N-methyl/N-ethyl adjacent to an activating group) is 1. The average molecular weight is 240 g/mol. The van der Waals surface area contributed by atoms with Gasteiger partial charge in [0.2, 0.25) is 11.7 Å². The van der Waals surface area contributed by atoms with E-state index in [1.54, 1.807) is 0 Å². The highest BCUT2D eigenvalue weighted by molar-refractivity contribution is 4.94. The lowest BCUT2D eigenvalue weighted by atomic mass is 10.2. The molecule has 1 atom stereocenters. The van der Waals surface area contributed by atoms with Crippen LogP contribution in [0.5, 0.6) is 0 Å². The zero-order valence-corrected chi connectivity index (χ0v) is 10.3. The van der Waals surface area contributed by atoms with Crippen LogP contribution in [0.1, 0.15) is 31.2 Å². The van der Waals surface area contributed by atoms with Gasteiger partial charge in [-0.25, -0.2) is 0 Å². The van der Waals surface area contributed by atoms with Gasteiger partial charge in [-0.15, -0.1) is 0 Å². The molecule has 96 valence electrons. The Morgan fingerprint density at radius 3 is 3.18 bits per heavy atom. The molecule has 1 saturated heterocycles. The van der Waals surface area contributed by atoms with Gasteiger partial charge in [-0.1, -0.05) is 12.1 Å². The van der Waals surface area contributed by atoms with Crippen LogP contribution in [0.25, 0.3) is 0 Å². The topological polar surface area (TPSA) is 77.4 Å². The minimum Gasteiger partial charge on any atom is -0.367 e. The van der Waals surface area contributed by atoms with Crippen LogP contribution in [0.4, 0.5) is 0 Å². The van der Waals surface area contributed by atoms with Crippen molar-refractivity contribution in [1.82, 2.24) is 15.0 Å². The lowest BCUT2D eigenvalue weighted by molar-refractivity contribution is -0.0334. The number of hydrogen-bond acceptors (Lipinski definition) is 6. The van der Waals surface area contributed by atoms with E-state index in [1.165, 1.54) is 0 Å². The number of nitrogens with zero attached hydrogens (tertiary/aromatic N) is 3. The summed E-state index contributed by atoms with van der Waals surface area (Å²) in [7, 11) is 0. The highest BCUT2D eigenvalue weighted by Gasteiger charge is 2.25. The zero-order valence-electron chi connectivity index (χ0n) is 10.3. The van der Waals surface area contributed by atoms with Crippen molar-refractivity contribution in [3.05, 3.63) is 11.7 Å². The number of hydrogen-bond donors (Lipinski definition) is 1. The van der Waals surface area contributed by atoms with E-state index in [9.17, 15) is 0 Å². The van der Waals surface area contributed by atoms with Crippen LogP contribution in [0.15, 0.2) is 4.52 Å². The molecule has 0 amide bonds. The van der Waals surface area contributed by atoms with E-state index in [-0.39, 0.29) is 6.10 Å². The summed E-state index contributed by atoms with van der Waals surface area (Å²) in [5.41, 5.74) is 5.44. The Morgan fingerprint density at radius 2 is 2.41 bits per heavy atom. The van der Waals surface area contributed by atoms with Crippen molar-refractivity contribution in [1.29, 1.82) is 0 Å². The summed E-state index contributed by atoms with van der Waals surface area (Å²) in [6.07, 6.45) is 1.56. The van der Waals surface area contributed by atoms with Gasteiger partial charge >= 0.3 is 0 Å². The van der Waals surface area contributed by atoms with Crippen molar-refractivity contribution >= 4 is 0 Å². The molecule has 0 aromatic carbocycles. The van der Waals surface area contributed by atoms with Crippen LogP contribution in [0, 0.1) is 0 Å². The fourth-order valence-corrected chi connectivity index (χ4v) is 1.90. The van der Waals surface area contributed by atoms with Crippen LogP contribution < -0.4 is 5.73 Å². The second-order valence-corrected chi connectivity index (χ2v) is 4.19. The van der Waals surface area contributed by atoms with Gasteiger partial charge in [0, 0.05) is 19.5 Å². The van der Waals surface area contributed by atoms with E-state index < -0.39 is 0 Å². The number of morpholine rings is 1. The van der Waals surface area contributed by atoms with Gasteiger partial charge in [-0.2, -0.15) is 4.98 Å². The van der Waals surface area contributed by atoms with E-state index in [0.717, 1.165) is 39.1 Å². The van der Waals surface area contributed by atoms with E-state index in [0.29, 0.717) is 18.3 Å². The fourth-order valence-electron chi connectivity index (χ4n) is 1.90. The summed E-state index contributed by atoms with van der Waals surface area (Å²) in [5, 5.41) is 3.98. The molecule has 17 heavy (non-hydrogen) atoms. The van der Waals surface area contributed by atoms with Gasteiger partial charge in [-0.3, -0.25) is 4.90 Å². The van der Waals surface area contributed by atoms with Gasteiger partial charge in [0.05, 0.1) is 6.61 Å². The summed E-state index contributed by atoms with van der Waals surface area (Å²) in [6, 6.07) is 0. The first kappa shape index (κ1) is 12.5. The molecular weight excluding hydrogens is 220 g/mol. The van der Waals surface area contributed by atoms with Crippen LogP contribution in [-0.4, -0.2) is 47.8 Å². The van der Waals surface area contributed by atoms with Gasteiger partial charge in [0.15, 0.2) is 0 Å². The molecule has 1 aliphatic heterocycles. The first-order chi connectivity index (χ1) is 8.33. The molecule has 2 rings (SSSR count). The Bertz CT molecular complexity index is 342. The Balaban J connectivity index is 1.94. The minimum atomic E-state index is -0.0564. The summed E-state index contributed by atoms with van der Waals surface area (Å²) >= 11 is 0. The van der Waals surface area contributed by atoms with Crippen LogP contribution in [0.3, 0.4) is 0 Å². The van der Waals surface area contributed by atoms with Crippen molar-refractivity contribution in [3.63, 3.8) is 0 Å². The molecule has 0 bridgehead atoms. The number of nitrogens with two attached hydrogens (primary N) is 1. The molecule has 0 aliphatic carbocycles. The van der Waals surface area contributed by atoms with Gasteiger partial charge in [-0.05, 0) is 19.5 Å². The smallest absolute Gasteiger partial charge is 0.226 e. The Morgan fingerprint density at radius 1 is 1.53 bits per heavy atom. The second-order valence-electron chi connectivity index (χ2n) is 4.19. The van der Waals surface area contributed by atoms with E-state index in [1.807, 2.05) is 0 Å². The van der Waals surface area contributed by atoms with E-state index >= 15 is 0 Å². The van der Waals surface area contributed by atoms with E-state index in [2.05, 4.69) is 22.0 Å². The van der Waals surface area contributed by atoms with Crippen molar-refractivity contribution in [2.75, 3.05) is 32.8 Å². The predicted molar refractivity (Wildman–Crippen MR) is 62.5 cm³/mol. The molecule has 1 aromatic rings. The zero-order chi connectivity index (χ0) is 12.1. The number of rotatable bonds is 5. The van der Waals surface area contributed by atoms with Crippen LogP contribution in [-0.2, 0) is 11.2 Å². The average Bonchev–Trinajstić information content (AvgIpc) is 2.85. The molecule has 0 radical (unpaired) electrons. The Kier molecular flexibility index (Phi) is 4.47. The normalized spacial score (nSPS) is 21.9. The molecule has 2 heterocycles. The van der Waals surface area contributed by atoms with Crippen LogP contribution in [0.2, 0.25) is 0 Å². The maximum atomic E-state index is 5.66. The highest BCUT2D eigenvalue weighted by Crippen LogP contribution is 2.19. The molecular formula is C11H20N4O2. The van der Waals surface area contributed by atoms with Crippen molar-refractivity contribution < 1.29 is 9.26 Å². The third kappa shape index (κ3) is 3.24. The summed E-state index contributed by atoms with van der Waals surface area (Å²) in [5.74, 6) is 1.32. The largest absolute Gasteiger partial charge is 0.367 e. The lowest BCUT2D eigenvalue weighted by Crippen LogP contribution is -2.38. The second kappa shape index (κ2) is 6.09. The quantitative estimate of drug-likeness (QED) is 0.800. The number of aryl methyl sites for hydroxylation is 1. The van der Waals surface area contributed by atoms with Gasteiger partial charge in [0.1, 0.15) is 6.10 Å². The molecule has 1 unspecified atom stereocenters. The lowest BCUT2D eigenvalue weighted by Gasteiger charge is -2.30. The van der Waals surface area contributed by atoms with Gasteiger partial charge < -0.3 is 15.0 Å². The standard InChI is InChI=1S/C11H20N4O2/c1-2-15-6-7-16-9(8-15)11-13-10(17-14-11)4-3-5-12/h9H,2-8,12H2,1H3.